The second-order valence-corrected chi connectivity index (χ2v) is 8.22. The summed E-state index contributed by atoms with van der Waals surface area (Å²) < 4.78 is 75.9. The molecular formula is C20H19F3N4O5S. The molecule has 0 spiro atoms. The molecule has 0 aliphatic carbocycles. The average Bonchev–Trinajstić information content (AvgIpc) is 3.13. The van der Waals surface area contributed by atoms with Crippen LogP contribution in [0.4, 0.5) is 24.5 Å². The number of nitrogens with zero attached hydrogens (tertiary/aromatic N) is 2. The van der Waals surface area contributed by atoms with Crippen LogP contribution >= 0.6 is 0 Å². The van der Waals surface area contributed by atoms with Gasteiger partial charge in [-0.25, -0.2) is 8.42 Å². The quantitative estimate of drug-likeness (QED) is 0.504. The molecule has 3 rings (SSSR count). The van der Waals surface area contributed by atoms with Crippen molar-refractivity contribution in [2.75, 3.05) is 16.6 Å². The van der Waals surface area contributed by atoms with Crippen LogP contribution in [0.3, 0.4) is 0 Å². The highest BCUT2D eigenvalue weighted by Crippen LogP contribution is 2.31. The third-order valence-electron chi connectivity index (χ3n) is 4.16. The van der Waals surface area contributed by atoms with E-state index in [2.05, 4.69) is 19.9 Å². The molecule has 13 heteroatoms. The Hall–Kier alpha value is -3.74. The van der Waals surface area contributed by atoms with Crippen molar-refractivity contribution in [3.05, 3.63) is 60.4 Å². The zero-order valence-electron chi connectivity index (χ0n) is 17.4. The molecule has 3 aromatic rings. The number of carbonyl (C=O) groups excluding carboxylic acids is 1. The standard InChI is InChI=1S/C20H19F3N4O5S/c1-3-31-17-12-13(25-19(28)16-9-10-24-27(16)2)7-8-18(17)33(29,30)26-14-5-4-6-15(11-14)32-20(21,22)23/h4-12,26H,3H2,1-2H3,(H,25,28). The Bertz CT molecular complexity index is 1260. The molecule has 176 valence electrons. The van der Waals surface area contributed by atoms with Gasteiger partial charge in [0.05, 0.1) is 12.3 Å². The molecule has 0 fully saturated rings. The van der Waals surface area contributed by atoms with Crippen LogP contribution in [-0.4, -0.2) is 37.1 Å². The van der Waals surface area contributed by atoms with Crippen LogP contribution in [0.25, 0.3) is 0 Å². The number of hydrogen-bond donors (Lipinski definition) is 2. The van der Waals surface area contributed by atoms with E-state index < -0.39 is 28.0 Å². The van der Waals surface area contributed by atoms with Gasteiger partial charge in [0.2, 0.25) is 0 Å². The zero-order chi connectivity index (χ0) is 24.2. The number of amides is 1. The average molecular weight is 484 g/mol. The normalized spacial score (nSPS) is 11.7. The molecule has 0 bridgehead atoms. The molecule has 0 aliphatic rings. The Morgan fingerprint density at radius 3 is 2.52 bits per heavy atom. The van der Waals surface area contributed by atoms with E-state index in [1.807, 2.05) is 0 Å². The summed E-state index contributed by atoms with van der Waals surface area (Å²) in [4.78, 5) is 12.1. The minimum atomic E-state index is -4.92. The molecule has 1 amide bonds. The fourth-order valence-corrected chi connectivity index (χ4v) is 4.01. The molecule has 1 heterocycles. The highest BCUT2D eigenvalue weighted by molar-refractivity contribution is 7.92. The number of sulfonamides is 1. The lowest BCUT2D eigenvalue weighted by Gasteiger charge is -2.15. The minimum Gasteiger partial charge on any atom is -0.492 e. The fraction of sp³-hybridized carbons (Fsp3) is 0.200. The summed E-state index contributed by atoms with van der Waals surface area (Å²) in [6, 6.07) is 9.82. The molecule has 9 nitrogen and oxygen atoms in total. The summed E-state index contributed by atoms with van der Waals surface area (Å²) in [5.41, 5.74) is 0.407. The Labute approximate surface area is 187 Å². The van der Waals surface area contributed by atoms with Gasteiger partial charge < -0.3 is 14.8 Å². The van der Waals surface area contributed by atoms with Crippen molar-refractivity contribution in [1.29, 1.82) is 0 Å². The van der Waals surface area contributed by atoms with Gasteiger partial charge in [-0.05, 0) is 37.3 Å². The van der Waals surface area contributed by atoms with Gasteiger partial charge in [0.25, 0.3) is 15.9 Å². The first kappa shape index (κ1) is 23.9. The Balaban J connectivity index is 1.86. The topological polar surface area (TPSA) is 112 Å². The number of rotatable bonds is 8. The number of benzene rings is 2. The lowest BCUT2D eigenvalue weighted by Crippen LogP contribution is -2.18. The Kier molecular flexibility index (Phi) is 6.81. The monoisotopic (exact) mass is 484 g/mol. The lowest BCUT2D eigenvalue weighted by atomic mass is 10.3. The van der Waals surface area contributed by atoms with E-state index in [-0.39, 0.29) is 34.3 Å². The van der Waals surface area contributed by atoms with Crippen LogP contribution in [0.15, 0.2) is 59.6 Å². The number of halogens is 3. The molecular weight excluding hydrogens is 465 g/mol. The van der Waals surface area contributed by atoms with Gasteiger partial charge in [-0.15, -0.1) is 13.2 Å². The molecule has 0 saturated carbocycles. The first-order valence-electron chi connectivity index (χ1n) is 9.43. The number of aromatic nitrogens is 2. The number of alkyl halides is 3. The smallest absolute Gasteiger partial charge is 0.492 e. The first-order chi connectivity index (χ1) is 15.5. The van der Waals surface area contributed by atoms with Crippen molar-refractivity contribution in [2.45, 2.75) is 18.2 Å². The summed E-state index contributed by atoms with van der Waals surface area (Å²) in [5, 5.41) is 6.53. The first-order valence-corrected chi connectivity index (χ1v) is 10.9. The summed E-state index contributed by atoms with van der Waals surface area (Å²) in [5.74, 6) is -1.11. The third-order valence-corrected chi connectivity index (χ3v) is 5.59. The van der Waals surface area contributed by atoms with Crippen LogP contribution in [0.1, 0.15) is 17.4 Å². The van der Waals surface area contributed by atoms with Crippen LogP contribution < -0.4 is 19.5 Å². The summed E-state index contributed by atoms with van der Waals surface area (Å²) in [6.07, 6.45) is -3.47. The number of carbonyl (C=O) groups is 1. The maximum absolute atomic E-state index is 12.9. The van der Waals surface area contributed by atoms with Gasteiger partial charge in [0.1, 0.15) is 22.1 Å². The summed E-state index contributed by atoms with van der Waals surface area (Å²) in [6.45, 7) is 1.76. The molecule has 1 aromatic heterocycles. The van der Waals surface area contributed by atoms with Crippen molar-refractivity contribution in [1.82, 2.24) is 9.78 Å². The van der Waals surface area contributed by atoms with E-state index in [1.165, 1.54) is 47.3 Å². The molecule has 0 saturated heterocycles. The second-order valence-electron chi connectivity index (χ2n) is 6.57. The minimum absolute atomic E-state index is 0.0597. The van der Waals surface area contributed by atoms with Crippen molar-refractivity contribution >= 4 is 27.3 Å². The Morgan fingerprint density at radius 1 is 1.12 bits per heavy atom. The Morgan fingerprint density at radius 2 is 1.88 bits per heavy atom. The number of anilines is 2. The van der Waals surface area contributed by atoms with Gasteiger partial charge in [-0.1, -0.05) is 6.07 Å². The predicted molar refractivity (Wildman–Crippen MR) is 113 cm³/mol. The van der Waals surface area contributed by atoms with Crippen molar-refractivity contribution in [3.63, 3.8) is 0 Å². The maximum atomic E-state index is 12.9. The zero-order valence-corrected chi connectivity index (χ0v) is 18.2. The SMILES string of the molecule is CCOc1cc(NC(=O)c2ccnn2C)ccc1S(=O)(=O)Nc1cccc(OC(F)(F)F)c1. The van der Waals surface area contributed by atoms with Crippen molar-refractivity contribution in [2.24, 2.45) is 7.05 Å². The molecule has 2 N–H and O–H groups in total. The summed E-state index contributed by atoms with van der Waals surface area (Å²) in [7, 11) is -2.67. The van der Waals surface area contributed by atoms with E-state index in [0.717, 1.165) is 12.1 Å². The highest BCUT2D eigenvalue weighted by atomic mass is 32.2. The van der Waals surface area contributed by atoms with Crippen molar-refractivity contribution < 1.29 is 35.9 Å². The lowest BCUT2D eigenvalue weighted by molar-refractivity contribution is -0.274. The van der Waals surface area contributed by atoms with Gasteiger partial charge in [0, 0.05) is 31.1 Å². The van der Waals surface area contributed by atoms with Gasteiger partial charge in [-0.2, -0.15) is 5.10 Å². The third kappa shape index (κ3) is 6.16. The van der Waals surface area contributed by atoms with Crippen LogP contribution in [0.2, 0.25) is 0 Å². The highest BCUT2D eigenvalue weighted by Gasteiger charge is 2.31. The molecule has 0 aliphatic heterocycles. The van der Waals surface area contributed by atoms with E-state index in [9.17, 15) is 26.4 Å². The predicted octanol–water partition coefficient (Wildman–Crippen LogP) is 3.77. The van der Waals surface area contributed by atoms with Gasteiger partial charge in [-0.3, -0.25) is 14.2 Å². The van der Waals surface area contributed by atoms with Crippen molar-refractivity contribution in [3.8, 4) is 11.5 Å². The summed E-state index contributed by atoms with van der Waals surface area (Å²) >= 11 is 0. The number of hydrogen-bond acceptors (Lipinski definition) is 6. The molecule has 33 heavy (non-hydrogen) atoms. The second kappa shape index (κ2) is 9.40. The van der Waals surface area contributed by atoms with E-state index in [4.69, 9.17) is 4.74 Å². The van der Waals surface area contributed by atoms with Gasteiger partial charge in [0.15, 0.2) is 0 Å². The van der Waals surface area contributed by atoms with E-state index in [1.54, 1.807) is 14.0 Å². The number of ether oxygens (including phenoxy) is 2. The van der Waals surface area contributed by atoms with Crippen LogP contribution in [-0.2, 0) is 17.1 Å². The molecule has 2 aromatic carbocycles. The largest absolute Gasteiger partial charge is 0.573 e. The van der Waals surface area contributed by atoms with Gasteiger partial charge >= 0.3 is 6.36 Å². The fourth-order valence-electron chi connectivity index (χ4n) is 2.83. The van der Waals surface area contributed by atoms with Crippen LogP contribution in [0.5, 0.6) is 11.5 Å². The van der Waals surface area contributed by atoms with E-state index >= 15 is 0 Å². The maximum Gasteiger partial charge on any atom is 0.573 e. The van der Waals surface area contributed by atoms with Crippen LogP contribution in [0, 0.1) is 0 Å². The number of aryl methyl sites for hydroxylation is 1. The number of nitrogens with one attached hydrogen (secondary N) is 2. The molecule has 0 atom stereocenters. The van der Waals surface area contributed by atoms with E-state index in [0.29, 0.717) is 0 Å². The molecule has 0 radical (unpaired) electrons. The molecule has 0 unspecified atom stereocenters.